The van der Waals surface area contributed by atoms with Crippen molar-refractivity contribution >= 4 is 5.91 Å². The summed E-state index contributed by atoms with van der Waals surface area (Å²) < 4.78 is 10.7. The Kier molecular flexibility index (Phi) is 4.43. The number of oxazole rings is 1. The van der Waals surface area contributed by atoms with E-state index in [1.54, 1.807) is 19.3 Å². The van der Waals surface area contributed by atoms with Crippen LogP contribution in [0, 0.1) is 6.92 Å². The van der Waals surface area contributed by atoms with Crippen LogP contribution in [0.1, 0.15) is 53.0 Å². The molecule has 1 N–H and O–H groups in total. The summed E-state index contributed by atoms with van der Waals surface area (Å²) in [5.74, 6) is 0.937. The fraction of sp³-hybridized carbons (Fsp3) is 0.467. The van der Waals surface area contributed by atoms with Gasteiger partial charge in [0.1, 0.15) is 11.9 Å². The maximum absolute atomic E-state index is 11.9. The van der Waals surface area contributed by atoms with Gasteiger partial charge in [0, 0.05) is 31.1 Å². The molecule has 1 saturated heterocycles. The molecule has 1 fully saturated rings. The lowest BCUT2D eigenvalue weighted by molar-refractivity contribution is 0.00940. The number of aromatic nitrogens is 3. The first-order valence-corrected chi connectivity index (χ1v) is 7.35. The SMILES string of the molecule is Cc1ocnc1C(=O)NCc1cnc([C@@H]2CCCCO2)nc1. The molecular formula is C15H18N4O3. The van der Waals surface area contributed by atoms with Crippen molar-refractivity contribution in [2.75, 3.05) is 6.61 Å². The first-order chi connectivity index (χ1) is 10.7. The molecule has 0 radical (unpaired) electrons. The van der Waals surface area contributed by atoms with E-state index < -0.39 is 0 Å². The van der Waals surface area contributed by atoms with Crippen LogP contribution in [0.25, 0.3) is 0 Å². The van der Waals surface area contributed by atoms with Crippen LogP contribution in [0.3, 0.4) is 0 Å². The highest BCUT2D eigenvalue weighted by Crippen LogP contribution is 2.24. The van der Waals surface area contributed by atoms with Crippen molar-refractivity contribution in [3.05, 3.63) is 41.6 Å². The molecule has 1 amide bonds. The van der Waals surface area contributed by atoms with Crippen molar-refractivity contribution in [3.8, 4) is 0 Å². The third kappa shape index (κ3) is 3.30. The van der Waals surface area contributed by atoms with E-state index in [-0.39, 0.29) is 12.0 Å². The number of carbonyl (C=O) groups is 1. The van der Waals surface area contributed by atoms with Gasteiger partial charge in [-0.1, -0.05) is 0 Å². The predicted molar refractivity (Wildman–Crippen MR) is 77.0 cm³/mol. The number of carbonyl (C=O) groups excluding carboxylic acids is 1. The van der Waals surface area contributed by atoms with Crippen LogP contribution in [0.2, 0.25) is 0 Å². The van der Waals surface area contributed by atoms with Crippen molar-refractivity contribution in [3.63, 3.8) is 0 Å². The summed E-state index contributed by atoms with van der Waals surface area (Å²) in [6, 6.07) is 0. The van der Waals surface area contributed by atoms with Gasteiger partial charge in [-0.3, -0.25) is 4.79 Å². The first kappa shape index (κ1) is 14.6. The Morgan fingerprint density at radius 1 is 1.32 bits per heavy atom. The molecule has 3 heterocycles. The largest absolute Gasteiger partial charge is 0.448 e. The lowest BCUT2D eigenvalue weighted by Gasteiger charge is -2.21. The van der Waals surface area contributed by atoms with Crippen LogP contribution >= 0.6 is 0 Å². The molecule has 0 saturated carbocycles. The van der Waals surface area contributed by atoms with Gasteiger partial charge in [0.25, 0.3) is 5.91 Å². The maximum Gasteiger partial charge on any atom is 0.273 e. The van der Waals surface area contributed by atoms with Gasteiger partial charge in [0.05, 0.1) is 0 Å². The highest BCUT2D eigenvalue weighted by molar-refractivity contribution is 5.92. The molecule has 2 aromatic heterocycles. The van der Waals surface area contributed by atoms with E-state index in [9.17, 15) is 4.79 Å². The zero-order valence-corrected chi connectivity index (χ0v) is 12.4. The van der Waals surface area contributed by atoms with E-state index in [1.165, 1.54) is 6.39 Å². The number of nitrogens with zero attached hydrogens (tertiary/aromatic N) is 3. The molecular weight excluding hydrogens is 284 g/mol. The lowest BCUT2D eigenvalue weighted by Crippen LogP contribution is -2.24. The van der Waals surface area contributed by atoms with Gasteiger partial charge in [-0.15, -0.1) is 0 Å². The molecule has 0 aliphatic carbocycles. The highest BCUT2D eigenvalue weighted by atomic mass is 16.5. The van der Waals surface area contributed by atoms with Gasteiger partial charge >= 0.3 is 0 Å². The zero-order chi connectivity index (χ0) is 15.4. The third-order valence-electron chi connectivity index (χ3n) is 3.61. The van der Waals surface area contributed by atoms with Crippen molar-refractivity contribution in [2.45, 2.75) is 38.8 Å². The molecule has 22 heavy (non-hydrogen) atoms. The van der Waals surface area contributed by atoms with Gasteiger partial charge in [-0.2, -0.15) is 0 Å². The van der Waals surface area contributed by atoms with Crippen molar-refractivity contribution in [1.82, 2.24) is 20.3 Å². The van der Waals surface area contributed by atoms with E-state index in [1.807, 2.05) is 0 Å². The highest BCUT2D eigenvalue weighted by Gasteiger charge is 2.18. The number of nitrogens with one attached hydrogen (secondary N) is 1. The second-order valence-corrected chi connectivity index (χ2v) is 5.24. The monoisotopic (exact) mass is 302 g/mol. The second kappa shape index (κ2) is 6.65. The molecule has 0 spiro atoms. The average Bonchev–Trinajstić information content (AvgIpc) is 3.00. The zero-order valence-electron chi connectivity index (χ0n) is 12.4. The summed E-state index contributed by atoms with van der Waals surface area (Å²) in [5.41, 5.74) is 1.13. The minimum Gasteiger partial charge on any atom is -0.448 e. The van der Waals surface area contributed by atoms with Gasteiger partial charge < -0.3 is 14.5 Å². The fourth-order valence-electron chi connectivity index (χ4n) is 2.36. The summed E-state index contributed by atoms with van der Waals surface area (Å²) >= 11 is 0. The summed E-state index contributed by atoms with van der Waals surface area (Å²) in [5, 5.41) is 2.77. The van der Waals surface area contributed by atoms with E-state index >= 15 is 0 Å². The lowest BCUT2D eigenvalue weighted by atomic mass is 10.1. The van der Waals surface area contributed by atoms with E-state index in [2.05, 4.69) is 20.3 Å². The molecule has 116 valence electrons. The summed E-state index contributed by atoms with van der Waals surface area (Å²) in [4.78, 5) is 24.5. The molecule has 7 nitrogen and oxygen atoms in total. The Bertz CT molecular complexity index is 632. The Balaban J connectivity index is 1.57. The van der Waals surface area contributed by atoms with Crippen LogP contribution in [0.15, 0.2) is 23.2 Å². The van der Waals surface area contributed by atoms with Crippen molar-refractivity contribution < 1.29 is 13.9 Å². The second-order valence-electron chi connectivity index (χ2n) is 5.24. The van der Waals surface area contributed by atoms with E-state index in [4.69, 9.17) is 9.15 Å². The average molecular weight is 302 g/mol. The molecule has 3 rings (SSSR count). The minimum atomic E-state index is -0.272. The van der Waals surface area contributed by atoms with E-state index in [0.717, 1.165) is 31.4 Å². The number of aryl methyl sites for hydroxylation is 1. The van der Waals surface area contributed by atoms with Crippen molar-refractivity contribution in [2.24, 2.45) is 0 Å². The Morgan fingerprint density at radius 2 is 2.14 bits per heavy atom. The third-order valence-corrected chi connectivity index (χ3v) is 3.61. The molecule has 0 aromatic carbocycles. The number of amides is 1. The number of ether oxygens (including phenoxy) is 1. The standard InChI is InChI=1S/C15H18N4O3/c1-10-13(19-9-22-10)15(20)18-8-11-6-16-14(17-7-11)12-4-2-3-5-21-12/h6-7,9,12H,2-5,8H2,1H3,(H,18,20)/t12-/m0/s1. The fourth-order valence-corrected chi connectivity index (χ4v) is 2.36. The summed E-state index contributed by atoms with van der Waals surface area (Å²) in [7, 11) is 0. The quantitative estimate of drug-likeness (QED) is 0.928. The summed E-state index contributed by atoms with van der Waals surface area (Å²) in [6.07, 6.45) is 7.89. The number of hydrogen-bond donors (Lipinski definition) is 1. The van der Waals surface area contributed by atoms with Crippen LogP contribution < -0.4 is 5.32 Å². The normalized spacial score (nSPS) is 18.1. The molecule has 1 atom stereocenters. The van der Waals surface area contributed by atoms with Crippen LogP contribution in [0.4, 0.5) is 0 Å². The van der Waals surface area contributed by atoms with E-state index in [0.29, 0.717) is 23.8 Å². The molecule has 2 aromatic rings. The molecule has 1 aliphatic rings. The van der Waals surface area contributed by atoms with Crippen LogP contribution in [-0.4, -0.2) is 27.5 Å². The minimum absolute atomic E-state index is 0.00447. The van der Waals surface area contributed by atoms with Crippen molar-refractivity contribution in [1.29, 1.82) is 0 Å². The number of rotatable bonds is 4. The Morgan fingerprint density at radius 3 is 2.77 bits per heavy atom. The Labute approximate surface area is 128 Å². The van der Waals surface area contributed by atoms with Crippen LogP contribution in [-0.2, 0) is 11.3 Å². The first-order valence-electron chi connectivity index (χ1n) is 7.35. The summed E-state index contributed by atoms with van der Waals surface area (Å²) in [6.45, 7) is 2.81. The van der Waals surface area contributed by atoms with Gasteiger partial charge in [0.15, 0.2) is 17.9 Å². The van der Waals surface area contributed by atoms with Gasteiger partial charge in [-0.05, 0) is 26.2 Å². The Hall–Kier alpha value is -2.28. The van der Waals surface area contributed by atoms with Gasteiger partial charge in [0.2, 0.25) is 0 Å². The smallest absolute Gasteiger partial charge is 0.273 e. The predicted octanol–water partition coefficient (Wildman–Crippen LogP) is 1.94. The topological polar surface area (TPSA) is 90.1 Å². The number of hydrogen-bond acceptors (Lipinski definition) is 6. The van der Waals surface area contributed by atoms with Gasteiger partial charge in [-0.25, -0.2) is 15.0 Å². The maximum atomic E-state index is 11.9. The molecule has 1 aliphatic heterocycles. The van der Waals surface area contributed by atoms with Crippen LogP contribution in [0.5, 0.6) is 0 Å². The molecule has 7 heteroatoms. The molecule has 0 bridgehead atoms. The molecule has 0 unspecified atom stereocenters.